The molecule has 72 valence electrons. The predicted molar refractivity (Wildman–Crippen MR) is 48.2 cm³/mol. The second kappa shape index (κ2) is 4.26. The number of rotatable bonds is 2. The van der Waals surface area contributed by atoms with Crippen molar-refractivity contribution in [3.63, 3.8) is 0 Å². The van der Waals surface area contributed by atoms with Gasteiger partial charge in [0.15, 0.2) is 0 Å². The summed E-state index contributed by atoms with van der Waals surface area (Å²) in [5.41, 5.74) is 0. The smallest absolute Gasteiger partial charge is 0.232 e. The first-order chi connectivity index (χ1) is 5.54. The third kappa shape index (κ3) is 3.05. The Kier molecular flexibility index (Phi) is 3.92. The molecule has 0 saturated carbocycles. The van der Waals surface area contributed by atoms with Crippen molar-refractivity contribution in [1.82, 2.24) is 9.57 Å². The van der Waals surface area contributed by atoms with E-state index < -0.39 is 6.65 Å². The summed E-state index contributed by atoms with van der Waals surface area (Å²) in [6.45, 7) is 1.17. The van der Waals surface area contributed by atoms with Crippen LogP contribution in [-0.2, 0) is 9.36 Å². The molecule has 0 N–H and O–H groups in total. The Hall–Kier alpha value is -1.05. The van der Waals surface area contributed by atoms with E-state index in [0.717, 1.165) is 0 Å². The molecule has 1 unspecified atom stereocenters. The fourth-order valence-electron chi connectivity index (χ4n) is 1.14. The van der Waals surface area contributed by atoms with E-state index in [4.69, 9.17) is 11.2 Å². The summed E-state index contributed by atoms with van der Waals surface area (Å²) in [5, 5.41) is 0. The molecule has 4 nitrogen and oxygen atoms in total. The number of hydrogen-bond donors (Lipinski definition) is 0. The Morgan fingerprint density at radius 2 is 1.77 bits per heavy atom. The molecule has 0 aromatic rings. The van der Waals surface area contributed by atoms with E-state index in [1.807, 2.05) is 0 Å². The van der Waals surface area contributed by atoms with Crippen molar-refractivity contribution in [3.8, 4) is 0 Å². The van der Waals surface area contributed by atoms with Crippen LogP contribution >= 0.6 is 17.9 Å². The number of hydrogen-bond acceptors (Lipinski definition) is 2. The molecule has 1 aliphatic rings. The summed E-state index contributed by atoms with van der Waals surface area (Å²) < 4.78 is 13.0. The van der Waals surface area contributed by atoms with Crippen LogP contribution in [0.25, 0.3) is 0 Å². The molecule has 0 radical (unpaired) electrons. The molecule has 1 fully saturated rings. The SMILES string of the molecule is CP(=O)(Cl)N1CCN([C-]=O)CC1.[Rf]. The van der Waals surface area contributed by atoms with E-state index in [1.54, 1.807) is 11.1 Å². The minimum Gasteiger partial charge on any atom is -0.520 e. The molecule has 1 atom stereocenters. The maximum atomic E-state index is 11.3. The van der Waals surface area contributed by atoms with Crippen LogP contribution in [0.3, 0.4) is 0 Å². The molecule has 13 heavy (non-hydrogen) atoms. The number of amides is 1. The van der Waals surface area contributed by atoms with E-state index in [2.05, 4.69) is 0 Å². The fraction of sp³-hybridized carbons (Fsp3) is 0.833. The van der Waals surface area contributed by atoms with Gasteiger partial charge in [-0.3, -0.25) is 4.57 Å². The second-order valence-corrected chi connectivity index (χ2v) is 6.81. The maximum Gasteiger partial charge on any atom is 0.232 e. The zero-order chi connectivity index (χ0) is 9.19. The number of carbonyl (C=O) groups excluding carboxylic acids is 1. The van der Waals surface area contributed by atoms with E-state index in [0.29, 0.717) is 26.2 Å². The van der Waals surface area contributed by atoms with Crippen molar-refractivity contribution >= 4 is 24.3 Å². The Labute approximate surface area is 76.7 Å². The molecule has 0 aromatic carbocycles. The molecule has 0 spiro atoms. The third-order valence-electron chi connectivity index (χ3n) is 1.89. The zero-order valence-corrected chi connectivity index (χ0v) is 15.6. The van der Waals surface area contributed by atoms with Gasteiger partial charge >= 0.3 is 0 Å². The minimum absolute atomic E-state index is 0. The molecule has 1 aliphatic heterocycles. The summed E-state index contributed by atoms with van der Waals surface area (Å²) in [6, 6.07) is 0. The third-order valence-corrected chi connectivity index (χ3v) is 3.94. The fourth-order valence-corrected chi connectivity index (χ4v) is 2.49. The van der Waals surface area contributed by atoms with Crippen molar-refractivity contribution in [2.24, 2.45) is 0 Å². The average Bonchev–Trinajstić information content (AvgIpc) is 2.03. The van der Waals surface area contributed by atoms with Crippen molar-refractivity contribution < 1.29 is 9.36 Å². The van der Waals surface area contributed by atoms with Crippen molar-refractivity contribution in [3.05, 3.63) is 0 Å². The summed E-state index contributed by atoms with van der Waals surface area (Å²) in [6.07, 6.45) is 1.80. The van der Waals surface area contributed by atoms with Gasteiger partial charge < -0.3 is 9.69 Å². The largest absolute Gasteiger partial charge is 0.520 e. The van der Waals surface area contributed by atoms with Crippen molar-refractivity contribution in [1.29, 1.82) is 0 Å². The van der Waals surface area contributed by atoms with Crippen LogP contribution in [0.4, 0.5) is 0 Å². The number of nitrogens with zero attached hydrogens (tertiary/aromatic N) is 2. The van der Waals surface area contributed by atoms with Crippen molar-refractivity contribution in [2.45, 2.75) is 0 Å². The van der Waals surface area contributed by atoms with E-state index in [1.165, 1.54) is 11.6 Å². The zero-order valence-electron chi connectivity index (χ0n) is 7.57. The van der Waals surface area contributed by atoms with Crippen LogP contribution in [0.1, 0.15) is 0 Å². The Bertz CT molecular complexity index is 215. The molecule has 7 heteroatoms. The van der Waals surface area contributed by atoms with E-state index in [9.17, 15) is 9.36 Å². The van der Waals surface area contributed by atoms with Gasteiger partial charge in [-0.15, -0.1) is 0 Å². The van der Waals surface area contributed by atoms with Crippen molar-refractivity contribution in [2.75, 3.05) is 32.8 Å². The van der Waals surface area contributed by atoms with E-state index >= 15 is 0 Å². The summed E-state index contributed by atoms with van der Waals surface area (Å²) in [4.78, 5) is 11.7. The number of piperazine rings is 1. The van der Waals surface area contributed by atoms with Gasteiger partial charge in [-0.2, -0.15) is 6.41 Å². The molecule has 0 aromatic heterocycles. The van der Waals surface area contributed by atoms with Gasteiger partial charge in [-0.25, -0.2) is 4.67 Å². The van der Waals surface area contributed by atoms with Gasteiger partial charge in [-0.05, 0) is 11.2 Å². The molecule has 1 amide bonds. The molecule has 0 bridgehead atoms. The van der Waals surface area contributed by atoms with Gasteiger partial charge in [-0.1, -0.05) is 0 Å². The van der Waals surface area contributed by atoms with Crippen LogP contribution in [0.5, 0.6) is 0 Å². The minimum atomic E-state index is -2.63. The van der Waals surface area contributed by atoms with Crippen LogP contribution < -0.4 is 0 Å². The monoisotopic (exact) mass is 476 g/mol. The van der Waals surface area contributed by atoms with E-state index in [-0.39, 0.29) is 0 Å². The standard InChI is InChI=1S/C6H11ClN2O2P.Rf/c1-12(7,11)9-4-2-8(6-10)3-5-9;/h2-5H2,1H3;/q-1;. The second-order valence-electron chi connectivity index (χ2n) is 2.81. The molecule has 1 rings (SSSR count). The van der Waals surface area contributed by atoms with Gasteiger partial charge in [0.05, 0.1) is 0 Å². The maximum absolute atomic E-state index is 11.3. The molecule has 0 aliphatic carbocycles. The molecule has 1 heterocycles. The average molecular weight is 477 g/mol. The molecular formula is C6H11ClN2O2PRf-. The van der Waals surface area contributed by atoms with Gasteiger partial charge in [0.25, 0.3) is 0 Å². The first kappa shape index (κ1) is 11.9. The van der Waals surface area contributed by atoms with Crippen LogP contribution in [0.2, 0.25) is 0 Å². The predicted octanol–water partition coefficient (Wildman–Crippen LogP) is 0.733. The molecular weight excluding hydrogens is 466 g/mol. The quantitative estimate of drug-likeness (QED) is 0.436. The Balaban J connectivity index is 0.00000144. The topological polar surface area (TPSA) is 40.6 Å². The van der Waals surface area contributed by atoms with Gasteiger partial charge in [0.2, 0.25) is 6.65 Å². The normalized spacial score (nSPS) is 23.1. The van der Waals surface area contributed by atoms with Crippen LogP contribution in [0.15, 0.2) is 0 Å². The summed E-state index contributed by atoms with van der Waals surface area (Å²) >= 11 is 5.67. The first-order valence-electron chi connectivity index (χ1n) is 3.69. The summed E-state index contributed by atoms with van der Waals surface area (Å²) in [7, 11) is 0. The summed E-state index contributed by atoms with van der Waals surface area (Å²) in [5.74, 6) is 0. The van der Waals surface area contributed by atoms with Gasteiger partial charge in [0.1, 0.15) is 0 Å². The van der Waals surface area contributed by atoms with Crippen LogP contribution in [-0.4, -0.2) is 48.8 Å². The van der Waals surface area contributed by atoms with Gasteiger partial charge in [0, 0.05) is 32.8 Å². The number of halogens is 1. The molecule has 1 saturated heterocycles. The first-order valence-corrected chi connectivity index (χ1v) is 6.70. The van der Waals surface area contributed by atoms with Crippen LogP contribution in [0, 0.1) is 0 Å². The Morgan fingerprint density at radius 1 is 1.31 bits per heavy atom. The Morgan fingerprint density at radius 3 is 2.08 bits per heavy atom.